The molecule has 0 radical (unpaired) electrons. The summed E-state index contributed by atoms with van der Waals surface area (Å²) in [5.74, 6) is 6.34. The number of nitrogens with zero attached hydrogens (tertiary/aromatic N) is 2. The Morgan fingerprint density at radius 2 is 2.22 bits per heavy atom. The van der Waals surface area contributed by atoms with Crippen LogP contribution in [0.25, 0.3) is 0 Å². The molecule has 6 heteroatoms. The molecule has 0 aliphatic rings. The monoisotopic (exact) mass is 256 g/mol. The maximum atomic E-state index is 5.61. The molecule has 1 aromatic rings. The Bertz CT molecular complexity index is 352. The quantitative estimate of drug-likeness (QED) is 0.418. The van der Waals surface area contributed by atoms with Gasteiger partial charge < -0.3 is 9.47 Å². The van der Waals surface area contributed by atoms with Crippen LogP contribution in [0.1, 0.15) is 45.0 Å². The van der Waals surface area contributed by atoms with Crippen molar-refractivity contribution in [1.82, 2.24) is 15.2 Å². The Morgan fingerprint density at radius 3 is 2.72 bits per heavy atom. The first kappa shape index (κ1) is 14.9. The molecule has 1 heterocycles. The summed E-state index contributed by atoms with van der Waals surface area (Å²) < 4.78 is 12.8. The average molecular weight is 256 g/mol. The summed E-state index contributed by atoms with van der Waals surface area (Å²) in [6, 6.07) is 0.113. The Morgan fingerprint density at radius 1 is 1.50 bits per heavy atom. The molecule has 0 spiro atoms. The fourth-order valence-corrected chi connectivity index (χ4v) is 1.81. The van der Waals surface area contributed by atoms with Crippen LogP contribution in [-0.4, -0.2) is 30.1 Å². The molecule has 0 fully saturated rings. The van der Waals surface area contributed by atoms with Crippen LogP contribution in [0.2, 0.25) is 0 Å². The number of aromatic nitrogens is 2. The van der Waals surface area contributed by atoms with Crippen molar-refractivity contribution in [3.8, 4) is 5.75 Å². The number of methoxy groups -OCH3 is 1. The molecule has 0 saturated carbocycles. The molecule has 0 amide bonds. The molecule has 0 aromatic carbocycles. The van der Waals surface area contributed by atoms with Crippen LogP contribution in [-0.2, 0) is 4.74 Å². The van der Waals surface area contributed by atoms with Gasteiger partial charge in [0.05, 0.1) is 26.0 Å². The van der Waals surface area contributed by atoms with Crippen molar-refractivity contribution >= 4 is 0 Å². The zero-order valence-electron chi connectivity index (χ0n) is 11.6. The fourth-order valence-electron chi connectivity index (χ4n) is 1.81. The number of nitrogens with two attached hydrogens (primary N) is 1. The summed E-state index contributed by atoms with van der Waals surface area (Å²) in [5.41, 5.74) is 3.69. The van der Waals surface area contributed by atoms with Gasteiger partial charge in [0, 0.05) is 12.6 Å². The molecule has 1 aromatic heterocycles. The second-order valence-electron chi connectivity index (χ2n) is 4.43. The van der Waals surface area contributed by atoms with Crippen LogP contribution in [0, 0.1) is 0 Å². The minimum absolute atomic E-state index is 0.128. The highest BCUT2D eigenvalue weighted by molar-refractivity contribution is 5.28. The minimum atomic E-state index is -0.128. The van der Waals surface area contributed by atoms with E-state index < -0.39 is 0 Å². The van der Waals surface area contributed by atoms with Crippen molar-refractivity contribution in [1.29, 1.82) is 0 Å². The second kappa shape index (κ2) is 7.35. The van der Waals surface area contributed by atoms with Crippen LogP contribution < -0.4 is 16.0 Å². The Hall–Kier alpha value is -1.11. The van der Waals surface area contributed by atoms with Gasteiger partial charge in [0.1, 0.15) is 5.69 Å². The smallest absolute Gasteiger partial charge is 0.161 e. The first-order chi connectivity index (χ1) is 8.65. The van der Waals surface area contributed by atoms with Crippen LogP contribution in [0.3, 0.4) is 0 Å². The molecule has 3 N–H and O–H groups in total. The van der Waals surface area contributed by atoms with Crippen LogP contribution >= 0.6 is 0 Å². The van der Waals surface area contributed by atoms with Gasteiger partial charge in [-0.3, -0.25) is 10.5 Å². The van der Waals surface area contributed by atoms with E-state index in [-0.39, 0.29) is 12.1 Å². The molecule has 0 bridgehead atoms. The van der Waals surface area contributed by atoms with E-state index in [1.807, 2.05) is 4.68 Å². The van der Waals surface area contributed by atoms with E-state index in [1.165, 1.54) is 0 Å². The summed E-state index contributed by atoms with van der Waals surface area (Å²) in [7, 11) is 1.63. The molecular weight excluding hydrogens is 232 g/mol. The van der Waals surface area contributed by atoms with Gasteiger partial charge in [-0.15, -0.1) is 0 Å². The van der Waals surface area contributed by atoms with Crippen LogP contribution in [0.5, 0.6) is 5.75 Å². The van der Waals surface area contributed by atoms with Gasteiger partial charge in [0.25, 0.3) is 0 Å². The third-order valence-corrected chi connectivity index (χ3v) is 2.67. The van der Waals surface area contributed by atoms with E-state index in [0.29, 0.717) is 6.61 Å². The third-order valence-electron chi connectivity index (χ3n) is 2.67. The molecule has 0 aliphatic heterocycles. The van der Waals surface area contributed by atoms with Crippen LogP contribution in [0.15, 0.2) is 6.20 Å². The highest BCUT2D eigenvalue weighted by Crippen LogP contribution is 2.27. The maximum Gasteiger partial charge on any atom is 0.161 e. The van der Waals surface area contributed by atoms with Gasteiger partial charge in [-0.1, -0.05) is 6.92 Å². The molecule has 0 saturated heterocycles. The Balaban J connectivity index is 2.91. The summed E-state index contributed by atoms with van der Waals surface area (Å²) in [5, 5.41) is 4.32. The van der Waals surface area contributed by atoms with Crippen molar-refractivity contribution in [2.24, 2.45) is 5.84 Å². The molecule has 1 rings (SSSR count). The molecule has 104 valence electrons. The van der Waals surface area contributed by atoms with E-state index in [2.05, 4.69) is 31.3 Å². The fraction of sp³-hybridized carbons (Fsp3) is 0.750. The van der Waals surface area contributed by atoms with Gasteiger partial charge in [-0.25, -0.2) is 5.43 Å². The van der Waals surface area contributed by atoms with Gasteiger partial charge in [-0.2, -0.15) is 5.10 Å². The number of hydrogen-bond donors (Lipinski definition) is 2. The van der Waals surface area contributed by atoms with Gasteiger partial charge >= 0.3 is 0 Å². The van der Waals surface area contributed by atoms with Gasteiger partial charge in [0.15, 0.2) is 5.75 Å². The number of ether oxygens (including phenoxy) is 2. The van der Waals surface area contributed by atoms with Crippen molar-refractivity contribution in [2.75, 3.05) is 20.3 Å². The first-order valence-electron chi connectivity index (χ1n) is 6.30. The van der Waals surface area contributed by atoms with Gasteiger partial charge in [0.2, 0.25) is 0 Å². The van der Waals surface area contributed by atoms with E-state index in [0.717, 1.165) is 24.5 Å². The molecule has 18 heavy (non-hydrogen) atoms. The molecular formula is C12H24N4O2. The predicted octanol–water partition coefficient (Wildman–Crippen LogP) is 1.40. The zero-order chi connectivity index (χ0) is 13.5. The Kier molecular flexibility index (Phi) is 6.11. The number of nitrogens with one attached hydrogen (secondary N) is 1. The number of hydrogen-bond acceptors (Lipinski definition) is 5. The summed E-state index contributed by atoms with van der Waals surface area (Å²) in [6.45, 7) is 7.42. The summed E-state index contributed by atoms with van der Waals surface area (Å²) in [6.07, 6.45) is 2.69. The third kappa shape index (κ3) is 3.44. The normalized spacial score (nSPS) is 13.0. The predicted molar refractivity (Wildman–Crippen MR) is 70.3 cm³/mol. The lowest BCUT2D eigenvalue weighted by Gasteiger charge is -2.20. The summed E-state index contributed by atoms with van der Waals surface area (Å²) in [4.78, 5) is 0. The van der Waals surface area contributed by atoms with E-state index in [9.17, 15) is 0 Å². The van der Waals surface area contributed by atoms with E-state index in [1.54, 1.807) is 13.3 Å². The van der Waals surface area contributed by atoms with Crippen LogP contribution in [0.4, 0.5) is 0 Å². The molecule has 6 nitrogen and oxygen atoms in total. The van der Waals surface area contributed by atoms with Crippen molar-refractivity contribution < 1.29 is 9.47 Å². The summed E-state index contributed by atoms with van der Waals surface area (Å²) >= 11 is 0. The maximum absolute atomic E-state index is 5.61. The number of hydrazine groups is 1. The lowest BCUT2D eigenvalue weighted by Crippen LogP contribution is -2.33. The lowest BCUT2D eigenvalue weighted by molar-refractivity contribution is 0.108. The van der Waals surface area contributed by atoms with Crippen molar-refractivity contribution in [2.45, 2.75) is 39.3 Å². The Labute approximate surface area is 108 Å². The largest absolute Gasteiger partial charge is 0.493 e. The molecule has 0 aliphatic carbocycles. The lowest BCUT2D eigenvalue weighted by atomic mass is 10.2. The minimum Gasteiger partial charge on any atom is -0.493 e. The second-order valence-corrected chi connectivity index (χ2v) is 4.43. The van der Waals surface area contributed by atoms with E-state index >= 15 is 0 Å². The molecule has 1 unspecified atom stereocenters. The van der Waals surface area contributed by atoms with Gasteiger partial charge in [-0.05, 0) is 20.3 Å². The van der Waals surface area contributed by atoms with Crippen molar-refractivity contribution in [3.05, 3.63) is 11.9 Å². The number of rotatable bonds is 8. The van der Waals surface area contributed by atoms with E-state index in [4.69, 9.17) is 15.3 Å². The SMILES string of the molecule is CCCOCC(NN)c1c(OC)cnn1C(C)C. The first-order valence-corrected chi connectivity index (χ1v) is 6.30. The van der Waals surface area contributed by atoms with Crippen molar-refractivity contribution in [3.63, 3.8) is 0 Å². The highest BCUT2D eigenvalue weighted by atomic mass is 16.5. The highest BCUT2D eigenvalue weighted by Gasteiger charge is 2.22. The topological polar surface area (TPSA) is 74.3 Å². The average Bonchev–Trinajstić information content (AvgIpc) is 2.78. The standard InChI is InChI=1S/C12H24N4O2/c1-5-6-18-8-10(15-13)12-11(17-4)7-14-16(12)9(2)3/h7,9-10,15H,5-6,8,13H2,1-4H3. The molecule has 1 atom stereocenters. The zero-order valence-corrected chi connectivity index (χ0v) is 11.6.